The van der Waals surface area contributed by atoms with Crippen molar-refractivity contribution in [3.8, 4) is 0 Å². The van der Waals surface area contributed by atoms with Crippen LogP contribution >= 0.6 is 20.3 Å². The van der Waals surface area contributed by atoms with E-state index in [4.69, 9.17) is 0 Å². The minimum Gasteiger partial charge on any atom is -0.146 e. The van der Waals surface area contributed by atoms with E-state index in [-0.39, 0.29) is 0 Å². The van der Waals surface area contributed by atoms with Gasteiger partial charge in [0.2, 0.25) is 0 Å². The second kappa shape index (κ2) is 3.81. The third kappa shape index (κ3) is 1.84. The first-order valence-electron chi connectivity index (χ1n) is 4.30. The molecule has 0 saturated carbocycles. The summed E-state index contributed by atoms with van der Waals surface area (Å²) in [5.74, 6) is 0. The maximum absolute atomic E-state index is 2.33. The van der Waals surface area contributed by atoms with Crippen molar-refractivity contribution in [1.82, 2.24) is 0 Å². The Hall–Kier alpha value is -0.0000000000000000555. The second-order valence-corrected chi connectivity index (χ2v) is 6.51. The summed E-state index contributed by atoms with van der Waals surface area (Å²) < 4.78 is 0. The van der Waals surface area contributed by atoms with Crippen molar-refractivity contribution in [1.29, 1.82) is 0 Å². The highest BCUT2D eigenvalue weighted by Crippen LogP contribution is 2.53. The van der Waals surface area contributed by atoms with E-state index in [0.29, 0.717) is 0 Å². The van der Waals surface area contributed by atoms with Crippen LogP contribution < -0.4 is 0 Å². The largest absolute Gasteiger partial charge is 0.146 e. The Morgan fingerprint density at radius 2 is 2.08 bits per heavy atom. The number of hydrogen-bond acceptors (Lipinski definition) is 1. The maximum atomic E-state index is 2.33. The van der Waals surface area contributed by atoms with Gasteiger partial charge in [0, 0.05) is 10.2 Å². The molecule has 1 saturated heterocycles. The molecule has 1 heterocycles. The molecular formula is C10H13PS. The first-order valence-corrected chi connectivity index (χ1v) is 6.53. The second-order valence-electron chi connectivity index (χ2n) is 3.15. The predicted molar refractivity (Wildman–Crippen MR) is 59.4 cm³/mol. The molecule has 0 amide bonds. The summed E-state index contributed by atoms with van der Waals surface area (Å²) in [7, 11) is 1.12. The summed E-state index contributed by atoms with van der Waals surface area (Å²) in [6, 6.07) is 10.9. The van der Waals surface area contributed by atoms with Crippen molar-refractivity contribution >= 4 is 20.3 Å². The summed E-state index contributed by atoms with van der Waals surface area (Å²) in [4.78, 5) is 0.793. The van der Waals surface area contributed by atoms with Gasteiger partial charge in [-0.05, 0) is 11.7 Å². The van der Waals surface area contributed by atoms with Crippen molar-refractivity contribution in [2.45, 2.75) is 17.2 Å². The Morgan fingerprint density at radius 3 is 2.67 bits per heavy atom. The fraction of sp³-hybridized carbons (Fsp3) is 0.400. The summed E-state index contributed by atoms with van der Waals surface area (Å²) >= 11 is 2.13. The minimum absolute atomic E-state index is 0.793. The van der Waals surface area contributed by atoms with E-state index in [1.807, 2.05) is 0 Å². The highest BCUT2D eigenvalue weighted by molar-refractivity contribution is 8.06. The summed E-state index contributed by atoms with van der Waals surface area (Å²) in [5.41, 5.74) is 1.52. The van der Waals surface area contributed by atoms with Crippen LogP contribution in [-0.4, -0.2) is 11.4 Å². The summed E-state index contributed by atoms with van der Waals surface area (Å²) in [5, 5.41) is 0.869. The van der Waals surface area contributed by atoms with Gasteiger partial charge < -0.3 is 0 Å². The predicted octanol–water partition coefficient (Wildman–Crippen LogP) is 3.50. The van der Waals surface area contributed by atoms with Crippen molar-refractivity contribution in [2.75, 3.05) is 6.16 Å². The van der Waals surface area contributed by atoms with Gasteiger partial charge in [-0.15, -0.1) is 20.3 Å². The molecule has 1 fully saturated rings. The van der Waals surface area contributed by atoms with Crippen LogP contribution in [-0.2, 0) is 0 Å². The van der Waals surface area contributed by atoms with Gasteiger partial charge >= 0.3 is 0 Å². The molecule has 2 rings (SSSR count). The molecule has 0 spiro atoms. The Morgan fingerprint density at radius 1 is 1.33 bits per heavy atom. The molecule has 3 atom stereocenters. The van der Waals surface area contributed by atoms with E-state index < -0.39 is 0 Å². The molecule has 0 aromatic heterocycles. The Balaban J connectivity index is 2.11. The third-order valence-corrected chi connectivity index (χ3v) is 5.99. The molecular weight excluding hydrogens is 183 g/mol. The van der Waals surface area contributed by atoms with Crippen LogP contribution in [0.5, 0.6) is 0 Å². The van der Waals surface area contributed by atoms with Crippen molar-refractivity contribution < 1.29 is 0 Å². The van der Waals surface area contributed by atoms with Crippen LogP contribution in [0.25, 0.3) is 0 Å². The maximum Gasteiger partial charge on any atom is 0.0469 e. The Kier molecular flexibility index (Phi) is 2.73. The molecule has 1 aromatic carbocycles. The van der Waals surface area contributed by atoms with Crippen LogP contribution in [0.15, 0.2) is 30.3 Å². The molecule has 0 aliphatic carbocycles. The molecule has 0 radical (unpaired) electrons. The number of hydrogen-bond donors (Lipinski definition) is 0. The topological polar surface area (TPSA) is 0 Å². The quantitative estimate of drug-likeness (QED) is 0.619. The molecule has 0 N–H and O–H groups in total. The molecule has 64 valence electrons. The lowest BCUT2D eigenvalue weighted by molar-refractivity contribution is 1.14. The molecule has 2 heteroatoms. The number of benzene rings is 1. The van der Waals surface area contributed by atoms with Crippen molar-refractivity contribution in [3.63, 3.8) is 0 Å². The molecule has 1 aliphatic rings. The smallest absolute Gasteiger partial charge is 0.0469 e. The molecule has 0 nitrogen and oxygen atoms in total. The van der Waals surface area contributed by atoms with Crippen LogP contribution in [0.2, 0.25) is 0 Å². The van der Waals surface area contributed by atoms with Gasteiger partial charge in [-0.3, -0.25) is 0 Å². The molecule has 1 aromatic rings. The van der Waals surface area contributed by atoms with Crippen LogP contribution in [0, 0.1) is 0 Å². The van der Waals surface area contributed by atoms with E-state index in [1.165, 1.54) is 11.7 Å². The molecule has 12 heavy (non-hydrogen) atoms. The minimum atomic E-state index is 0.793. The van der Waals surface area contributed by atoms with Crippen molar-refractivity contribution in [3.05, 3.63) is 35.9 Å². The Labute approximate surface area is 79.9 Å². The normalized spacial score (nSPS) is 31.1. The van der Waals surface area contributed by atoms with E-state index in [1.54, 1.807) is 0 Å². The first-order chi connectivity index (χ1) is 5.86. The van der Waals surface area contributed by atoms with Gasteiger partial charge in [-0.25, -0.2) is 0 Å². The van der Waals surface area contributed by atoms with Gasteiger partial charge in [-0.1, -0.05) is 37.3 Å². The zero-order valence-electron chi connectivity index (χ0n) is 7.16. The monoisotopic (exact) mass is 196 g/mol. The molecule has 1 aliphatic heterocycles. The standard InChI is InChI=1S/C10H13PS/c1-8-7-11-10(12-8)9-5-3-2-4-6-9/h2-6,8,10-11H,7H2,1H3/t8-,10+/m0/s1. The van der Waals surface area contributed by atoms with Crippen LogP contribution in [0.4, 0.5) is 0 Å². The van der Waals surface area contributed by atoms with Crippen LogP contribution in [0.3, 0.4) is 0 Å². The summed E-state index contributed by atoms with van der Waals surface area (Å²) in [6.45, 7) is 2.33. The van der Waals surface area contributed by atoms with E-state index in [0.717, 1.165) is 18.8 Å². The average Bonchev–Trinajstić information content (AvgIpc) is 2.54. The molecule has 0 bridgehead atoms. The van der Waals surface area contributed by atoms with E-state index in [9.17, 15) is 0 Å². The summed E-state index contributed by atoms with van der Waals surface area (Å²) in [6.07, 6.45) is 1.41. The van der Waals surface area contributed by atoms with Gasteiger partial charge in [-0.2, -0.15) is 0 Å². The van der Waals surface area contributed by atoms with Gasteiger partial charge in [0.1, 0.15) is 0 Å². The lowest BCUT2D eigenvalue weighted by atomic mass is 10.2. The average molecular weight is 196 g/mol. The lowest BCUT2D eigenvalue weighted by Crippen LogP contribution is -1.89. The van der Waals surface area contributed by atoms with Gasteiger partial charge in [0.15, 0.2) is 0 Å². The van der Waals surface area contributed by atoms with Gasteiger partial charge in [0.25, 0.3) is 0 Å². The SMILES string of the molecule is C[C@H]1CP[C@@H](c2ccccc2)S1. The zero-order chi connectivity index (χ0) is 8.39. The number of rotatable bonds is 1. The van der Waals surface area contributed by atoms with E-state index in [2.05, 4.69) is 49.0 Å². The Bertz CT molecular complexity index is 247. The van der Waals surface area contributed by atoms with Gasteiger partial charge in [0.05, 0.1) is 0 Å². The fourth-order valence-corrected chi connectivity index (χ4v) is 5.22. The zero-order valence-corrected chi connectivity index (χ0v) is 8.97. The van der Waals surface area contributed by atoms with Crippen LogP contribution in [0.1, 0.15) is 17.5 Å². The lowest BCUT2D eigenvalue weighted by Gasteiger charge is -2.08. The van der Waals surface area contributed by atoms with Crippen molar-refractivity contribution in [2.24, 2.45) is 0 Å². The highest BCUT2D eigenvalue weighted by atomic mass is 32.2. The fourth-order valence-electron chi connectivity index (χ4n) is 1.43. The molecule has 1 unspecified atom stereocenters. The number of thioether (sulfide) groups is 1. The third-order valence-electron chi connectivity index (χ3n) is 2.06. The first kappa shape index (κ1) is 8.59. The highest BCUT2D eigenvalue weighted by Gasteiger charge is 2.22. The van der Waals surface area contributed by atoms with E-state index >= 15 is 0 Å².